The van der Waals surface area contributed by atoms with Gasteiger partial charge in [0.1, 0.15) is 13.1 Å². The van der Waals surface area contributed by atoms with Crippen LogP contribution in [-0.4, -0.2) is 38.0 Å². The molecule has 1 heterocycles. The van der Waals surface area contributed by atoms with Crippen LogP contribution in [0, 0.1) is 5.21 Å². The summed E-state index contributed by atoms with van der Waals surface area (Å²) < 4.78 is 4.86. The quantitative estimate of drug-likeness (QED) is 0.357. The molecule has 0 bridgehead atoms. The van der Waals surface area contributed by atoms with Gasteiger partial charge >= 0.3 is 0 Å². The summed E-state index contributed by atoms with van der Waals surface area (Å²) in [6.45, 7) is 2.47. The van der Waals surface area contributed by atoms with E-state index in [0.29, 0.717) is 26.3 Å². The number of hydrogen-bond donors (Lipinski definition) is 0. The van der Waals surface area contributed by atoms with Crippen molar-refractivity contribution in [2.24, 2.45) is 0 Å². The van der Waals surface area contributed by atoms with Crippen molar-refractivity contribution in [1.82, 2.24) is 0 Å². The van der Waals surface area contributed by atoms with Crippen molar-refractivity contribution in [3.05, 3.63) is 5.21 Å². The van der Waals surface area contributed by atoms with E-state index in [4.69, 9.17) is 4.74 Å². The Morgan fingerprint density at radius 3 is 2.00 bits per heavy atom. The maximum atomic E-state index is 11.0. The van der Waals surface area contributed by atoms with Crippen molar-refractivity contribution in [3.8, 4) is 0 Å². The number of quaternary nitrogens is 1. The van der Waals surface area contributed by atoms with Gasteiger partial charge < -0.3 is 28.1 Å². The van der Waals surface area contributed by atoms with E-state index in [0.717, 1.165) is 0 Å². The second-order valence-electron chi connectivity index (χ2n) is 2.36. The maximum Gasteiger partial charge on any atom is 0.102 e. The molecule has 1 rings (SSSR count). The van der Waals surface area contributed by atoms with E-state index in [1.807, 2.05) is 0 Å². The van der Waals surface area contributed by atoms with Gasteiger partial charge in [0.2, 0.25) is 0 Å². The summed E-state index contributed by atoms with van der Waals surface area (Å²) in [6.07, 6.45) is 0. The molecule has 0 aromatic rings. The third-order valence-corrected chi connectivity index (χ3v) is 1.42. The Labute approximate surface area is 62.2 Å². The van der Waals surface area contributed by atoms with Gasteiger partial charge in [-0.05, 0) is 0 Å². The first-order valence-electron chi connectivity index (χ1n) is 2.84. The summed E-state index contributed by atoms with van der Waals surface area (Å²) in [5.74, 6) is 0. The lowest BCUT2D eigenvalue weighted by Crippen LogP contribution is -2.46. The number of likely N-dealkylation sites (N-methyl/N-ethyl adjacent to an activating group) is 1. The van der Waals surface area contributed by atoms with Crippen LogP contribution in [0.3, 0.4) is 0 Å². The predicted octanol–water partition coefficient (Wildman–Crippen LogP) is -0.0414. The first kappa shape index (κ1) is 9.23. The zero-order valence-electron chi connectivity index (χ0n) is 5.50. The van der Waals surface area contributed by atoms with Gasteiger partial charge in [0.25, 0.3) is 0 Å². The van der Waals surface area contributed by atoms with Crippen LogP contribution in [0.5, 0.6) is 0 Å². The summed E-state index contributed by atoms with van der Waals surface area (Å²) in [4.78, 5) is 0. The molecule has 0 spiro atoms. The highest BCUT2D eigenvalue weighted by Gasteiger charge is 2.13. The Morgan fingerprint density at radius 1 is 1.33 bits per heavy atom. The molecular formula is C5H11NO2S-2. The molecule has 0 radical (unpaired) electrons. The van der Waals surface area contributed by atoms with Crippen LogP contribution in [0.2, 0.25) is 0 Å². The summed E-state index contributed by atoms with van der Waals surface area (Å²) in [5, 5.41) is 11.0. The van der Waals surface area contributed by atoms with Crippen LogP contribution in [-0.2, 0) is 18.2 Å². The topological polar surface area (TPSA) is 32.3 Å². The van der Waals surface area contributed by atoms with E-state index in [2.05, 4.69) is 0 Å². The summed E-state index contributed by atoms with van der Waals surface area (Å²) in [6, 6.07) is 0. The predicted molar refractivity (Wildman–Crippen MR) is 37.5 cm³/mol. The lowest BCUT2D eigenvalue weighted by molar-refractivity contribution is -0.869. The van der Waals surface area contributed by atoms with Crippen molar-refractivity contribution in [1.29, 1.82) is 0 Å². The Kier molecular flexibility index (Phi) is 3.50. The molecule has 0 atom stereocenters. The van der Waals surface area contributed by atoms with Crippen molar-refractivity contribution in [2.75, 3.05) is 33.4 Å². The molecule has 0 unspecified atom stereocenters. The van der Waals surface area contributed by atoms with Gasteiger partial charge in [-0.1, -0.05) is 0 Å². The van der Waals surface area contributed by atoms with Crippen molar-refractivity contribution >= 4 is 13.5 Å². The molecule has 4 heteroatoms. The van der Waals surface area contributed by atoms with E-state index < -0.39 is 0 Å². The Bertz CT molecular complexity index is 79.0. The van der Waals surface area contributed by atoms with Crippen LogP contribution in [0.1, 0.15) is 0 Å². The number of rotatable bonds is 0. The van der Waals surface area contributed by atoms with Crippen molar-refractivity contribution in [3.63, 3.8) is 0 Å². The standard InChI is InChI=1S/C5H11NO2.S/c1-6(7)2-4-8-5-3-6;/h2-5H2,1H3;/q;-2. The van der Waals surface area contributed by atoms with E-state index in [1.54, 1.807) is 7.05 Å². The van der Waals surface area contributed by atoms with Gasteiger partial charge in [-0.3, -0.25) is 0 Å². The van der Waals surface area contributed by atoms with Gasteiger partial charge in [-0.15, -0.1) is 0 Å². The molecule has 1 aliphatic rings. The highest BCUT2D eigenvalue weighted by atomic mass is 32.1. The minimum atomic E-state index is -0.125. The van der Waals surface area contributed by atoms with Crippen LogP contribution in [0.4, 0.5) is 0 Å². The summed E-state index contributed by atoms with van der Waals surface area (Å²) in [7, 11) is 1.68. The molecule has 1 fully saturated rings. The van der Waals surface area contributed by atoms with E-state index in [-0.39, 0.29) is 18.1 Å². The fourth-order valence-corrected chi connectivity index (χ4v) is 0.729. The molecular weight excluding hydrogens is 138 g/mol. The Balaban J connectivity index is 0.000000640. The number of ether oxygens (including phenoxy) is 1. The molecule has 0 aliphatic carbocycles. The van der Waals surface area contributed by atoms with Gasteiger partial charge in [-0.25, -0.2) is 0 Å². The molecule has 9 heavy (non-hydrogen) atoms. The first-order valence-corrected chi connectivity index (χ1v) is 2.84. The largest absolute Gasteiger partial charge is 2.00 e. The third-order valence-electron chi connectivity index (χ3n) is 1.42. The first-order chi connectivity index (χ1) is 3.71. The average Bonchev–Trinajstić information content (AvgIpc) is 1.65. The molecule has 1 saturated heterocycles. The van der Waals surface area contributed by atoms with Crippen molar-refractivity contribution in [2.45, 2.75) is 0 Å². The highest BCUT2D eigenvalue weighted by Crippen LogP contribution is 2.02. The molecule has 0 amide bonds. The van der Waals surface area contributed by atoms with E-state index in [9.17, 15) is 5.21 Å². The highest BCUT2D eigenvalue weighted by molar-refractivity contribution is 7.37. The van der Waals surface area contributed by atoms with Crippen molar-refractivity contribution < 1.29 is 9.38 Å². The Morgan fingerprint density at radius 2 is 1.78 bits per heavy atom. The second-order valence-corrected chi connectivity index (χ2v) is 2.36. The normalized spacial score (nSPS) is 24.7. The van der Waals surface area contributed by atoms with Crippen LogP contribution >= 0.6 is 0 Å². The average molecular weight is 149 g/mol. The lowest BCUT2D eigenvalue weighted by atomic mass is 10.4. The molecule has 0 saturated carbocycles. The van der Waals surface area contributed by atoms with Gasteiger partial charge in [0.15, 0.2) is 0 Å². The molecule has 1 aliphatic heterocycles. The molecule has 0 aromatic carbocycles. The van der Waals surface area contributed by atoms with Gasteiger partial charge in [0, 0.05) is 0 Å². The summed E-state index contributed by atoms with van der Waals surface area (Å²) >= 11 is 0. The SMILES string of the molecule is C[N+]1([O-])CCOCC1.[S-2]. The lowest BCUT2D eigenvalue weighted by Gasteiger charge is -2.41. The molecule has 0 aromatic heterocycles. The van der Waals surface area contributed by atoms with Crippen LogP contribution < -0.4 is 0 Å². The molecule has 3 nitrogen and oxygen atoms in total. The second kappa shape index (κ2) is 3.41. The maximum absolute atomic E-state index is 11.0. The zero-order chi connectivity index (χ0) is 6.04. The van der Waals surface area contributed by atoms with Gasteiger partial charge in [0.05, 0.1) is 20.3 Å². The monoisotopic (exact) mass is 149 g/mol. The zero-order valence-corrected chi connectivity index (χ0v) is 6.32. The number of morpholine rings is 1. The fraction of sp³-hybridized carbons (Fsp3) is 1.00. The molecule has 56 valence electrons. The van der Waals surface area contributed by atoms with Crippen LogP contribution in [0.25, 0.3) is 0 Å². The fourth-order valence-electron chi connectivity index (χ4n) is 0.729. The van der Waals surface area contributed by atoms with Crippen LogP contribution in [0.15, 0.2) is 0 Å². The van der Waals surface area contributed by atoms with E-state index in [1.165, 1.54) is 0 Å². The molecule has 0 N–H and O–H groups in total. The van der Waals surface area contributed by atoms with Gasteiger partial charge in [-0.2, -0.15) is 0 Å². The smallest absolute Gasteiger partial charge is 0.102 e. The minimum absolute atomic E-state index is 0. The minimum Gasteiger partial charge on any atom is -2.00 e. The number of nitrogens with zero attached hydrogens (tertiary/aromatic N) is 1. The number of hydrogen-bond acceptors (Lipinski definition) is 2. The number of hydroxylamine groups is 3. The third kappa shape index (κ3) is 3.05. The summed E-state index contributed by atoms with van der Waals surface area (Å²) in [5.41, 5.74) is 0. The van der Waals surface area contributed by atoms with E-state index >= 15 is 0 Å². The Hall–Kier alpha value is 0.230.